The zero-order valence-corrected chi connectivity index (χ0v) is 17.3. The zero-order valence-electron chi connectivity index (χ0n) is 15.8. The van der Waals surface area contributed by atoms with Gasteiger partial charge in [0.05, 0.1) is 41.5 Å². The van der Waals surface area contributed by atoms with Gasteiger partial charge in [-0.05, 0) is 18.6 Å². The van der Waals surface area contributed by atoms with Crippen LogP contribution in [0.15, 0.2) is 29.5 Å². The van der Waals surface area contributed by atoms with Crippen LogP contribution in [0.5, 0.6) is 0 Å². The summed E-state index contributed by atoms with van der Waals surface area (Å²) in [4.78, 5) is 29.2. The molecular weight excluding hydrogens is 405 g/mol. The fourth-order valence-electron chi connectivity index (χ4n) is 3.35. The second-order valence-electron chi connectivity index (χ2n) is 6.55. The Balaban J connectivity index is 2.09. The van der Waals surface area contributed by atoms with Crippen molar-refractivity contribution in [3.8, 4) is 0 Å². The van der Waals surface area contributed by atoms with Crippen molar-refractivity contribution in [2.24, 2.45) is 0 Å². The first-order chi connectivity index (χ1) is 13.4. The van der Waals surface area contributed by atoms with Gasteiger partial charge in [0, 0.05) is 32.4 Å². The molecule has 152 valence electrons. The van der Waals surface area contributed by atoms with Gasteiger partial charge in [0.2, 0.25) is 0 Å². The van der Waals surface area contributed by atoms with E-state index >= 15 is 0 Å². The number of hydrogen-bond donors (Lipinski definition) is 1. The molecule has 1 N–H and O–H groups in total. The first-order valence-electron chi connectivity index (χ1n) is 9.12. The van der Waals surface area contributed by atoms with Crippen LogP contribution in [-0.2, 0) is 14.3 Å². The van der Waals surface area contributed by atoms with Gasteiger partial charge in [0.25, 0.3) is 0 Å². The van der Waals surface area contributed by atoms with Crippen molar-refractivity contribution in [3.63, 3.8) is 0 Å². The van der Waals surface area contributed by atoms with Crippen LogP contribution in [0, 0.1) is 0 Å². The van der Waals surface area contributed by atoms with Gasteiger partial charge in [-0.3, -0.25) is 9.80 Å². The molecule has 28 heavy (non-hydrogen) atoms. The number of nitrogens with zero attached hydrogens (tertiary/aromatic N) is 2. The quantitative estimate of drug-likeness (QED) is 0.731. The Morgan fingerprint density at radius 1 is 1.32 bits per heavy atom. The predicted octanol–water partition coefficient (Wildman–Crippen LogP) is 2.84. The zero-order chi connectivity index (χ0) is 20.3. The van der Waals surface area contributed by atoms with Crippen LogP contribution >= 0.6 is 23.2 Å². The molecule has 0 radical (unpaired) electrons. The fraction of sp³-hybridized carbons (Fsp3) is 0.474. The van der Waals surface area contributed by atoms with Crippen LogP contribution in [0.3, 0.4) is 0 Å². The lowest BCUT2D eigenvalue weighted by Crippen LogP contribution is -2.50. The number of nitrogens with one attached hydrogen (secondary N) is 1. The highest BCUT2D eigenvalue weighted by Gasteiger charge is 2.38. The molecule has 9 heteroatoms. The van der Waals surface area contributed by atoms with E-state index in [1.54, 1.807) is 32.2 Å². The summed E-state index contributed by atoms with van der Waals surface area (Å²) in [6.45, 7) is 5.06. The highest BCUT2D eigenvalue weighted by atomic mass is 35.5. The number of urea groups is 1. The number of ether oxygens (including phenoxy) is 2. The van der Waals surface area contributed by atoms with Crippen molar-refractivity contribution >= 4 is 35.2 Å². The van der Waals surface area contributed by atoms with Crippen LogP contribution in [0.25, 0.3) is 0 Å². The molecule has 0 aromatic heterocycles. The van der Waals surface area contributed by atoms with E-state index in [9.17, 15) is 9.59 Å². The number of amides is 2. The maximum Gasteiger partial charge on any atom is 0.338 e. The number of likely N-dealkylation sites (N-methyl/N-ethyl adjacent to an activating group) is 1. The standard InChI is InChI=1S/C19H23Cl2N3O4/c1-3-28-18(25)15-14(11-24-7-9-27-10-8-24)23(2)19(26)22-17(15)12-5-4-6-13(20)16(12)21/h4-6,17H,3,7-11H2,1-2H3,(H,22,26). The number of halogens is 2. The molecule has 7 nitrogen and oxygen atoms in total. The second kappa shape index (κ2) is 9.13. The van der Waals surface area contributed by atoms with Crippen molar-refractivity contribution in [3.05, 3.63) is 45.1 Å². The molecule has 3 rings (SSSR count). The molecule has 0 aliphatic carbocycles. The lowest BCUT2D eigenvalue weighted by Gasteiger charge is -2.37. The van der Waals surface area contributed by atoms with Gasteiger partial charge in [0.15, 0.2) is 0 Å². The summed E-state index contributed by atoms with van der Waals surface area (Å²) in [5.41, 5.74) is 1.50. The number of rotatable bonds is 5. The van der Waals surface area contributed by atoms with E-state index < -0.39 is 12.0 Å². The highest BCUT2D eigenvalue weighted by molar-refractivity contribution is 6.42. The van der Waals surface area contributed by atoms with Gasteiger partial charge >= 0.3 is 12.0 Å². The van der Waals surface area contributed by atoms with E-state index in [4.69, 9.17) is 32.7 Å². The van der Waals surface area contributed by atoms with Gasteiger partial charge < -0.3 is 14.8 Å². The summed E-state index contributed by atoms with van der Waals surface area (Å²) >= 11 is 12.6. The number of esters is 1. The Bertz CT molecular complexity index is 793. The largest absolute Gasteiger partial charge is 0.463 e. The summed E-state index contributed by atoms with van der Waals surface area (Å²) in [5, 5.41) is 3.50. The van der Waals surface area contributed by atoms with Gasteiger partial charge in [0.1, 0.15) is 0 Å². The van der Waals surface area contributed by atoms with Crippen molar-refractivity contribution < 1.29 is 19.1 Å². The van der Waals surface area contributed by atoms with E-state index in [-0.39, 0.29) is 12.6 Å². The minimum absolute atomic E-state index is 0.223. The van der Waals surface area contributed by atoms with Crippen LogP contribution in [0.4, 0.5) is 4.79 Å². The number of benzene rings is 1. The number of morpholine rings is 1. The molecule has 0 bridgehead atoms. The first kappa shape index (κ1) is 20.9. The molecule has 2 aliphatic heterocycles. The van der Waals surface area contributed by atoms with E-state index in [1.165, 1.54) is 4.90 Å². The summed E-state index contributed by atoms with van der Waals surface area (Å²) in [6, 6.07) is 4.07. The molecule has 1 aromatic carbocycles. The predicted molar refractivity (Wildman–Crippen MR) is 106 cm³/mol. The summed E-state index contributed by atoms with van der Waals surface area (Å²) in [7, 11) is 1.64. The van der Waals surface area contributed by atoms with Crippen molar-refractivity contribution in [1.29, 1.82) is 0 Å². The number of hydrogen-bond acceptors (Lipinski definition) is 5. The number of carbonyl (C=O) groups is 2. The van der Waals surface area contributed by atoms with Crippen LogP contribution in [0.1, 0.15) is 18.5 Å². The first-order valence-corrected chi connectivity index (χ1v) is 9.88. The van der Waals surface area contributed by atoms with Crippen LogP contribution in [0.2, 0.25) is 10.0 Å². The summed E-state index contributed by atoms with van der Waals surface area (Å²) in [6.07, 6.45) is 0. The SMILES string of the molecule is CCOC(=O)C1=C(CN2CCOCC2)N(C)C(=O)NC1c1cccc(Cl)c1Cl. The molecule has 1 saturated heterocycles. The topological polar surface area (TPSA) is 71.1 Å². The average Bonchev–Trinajstić information content (AvgIpc) is 2.68. The van der Waals surface area contributed by atoms with E-state index in [2.05, 4.69) is 10.2 Å². The van der Waals surface area contributed by atoms with Crippen LogP contribution in [-0.4, -0.2) is 68.3 Å². The van der Waals surface area contributed by atoms with Crippen molar-refractivity contribution in [2.75, 3.05) is 46.5 Å². The molecule has 1 aromatic rings. The maximum atomic E-state index is 12.9. The molecular formula is C19H23Cl2N3O4. The molecule has 2 heterocycles. The van der Waals surface area contributed by atoms with Crippen LogP contribution < -0.4 is 5.32 Å². The third-order valence-corrected chi connectivity index (χ3v) is 5.68. The minimum atomic E-state index is -0.745. The molecule has 0 saturated carbocycles. The minimum Gasteiger partial charge on any atom is -0.463 e. The molecule has 1 atom stereocenters. The molecule has 1 fully saturated rings. The lowest BCUT2D eigenvalue weighted by atomic mass is 9.94. The van der Waals surface area contributed by atoms with Crippen molar-refractivity contribution in [2.45, 2.75) is 13.0 Å². The monoisotopic (exact) mass is 427 g/mol. The molecule has 1 unspecified atom stereocenters. The molecule has 2 aliphatic rings. The Labute approximate surface area is 174 Å². The Morgan fingerprint density at radius 2 is 2.04 bits per heavy atom. The average molecular weight is 428 g/mol. The summed E-state index contributed by atoms with van der Waals surface area (Å²) in [5.74, 6) is -0.487. The van der Waals surface area contributed by atoms with Gasteiger partial charge in [-0.1, -0.05) is 35.3 Å². The van der Waals surface area contributed by atoms with E-state index in [0.717, 1.165) is 13.1 Å². The smallest absolute Gasteiger partial charge is 0.338 e. The normalized spacial score (nSPS) is 20.9. The fourth-order valence-corrected chi connectivity index (χ4v) is 3.76. The Hall–Kier alpha value is -1.80. The van der Waals surface area contributed by atoms with Gasteiger partial charge in [-0.2, -0.15) is 0 Å². The molecule has 0 spiro atoms. The van der Waals surface area contributed by atoms with Gasteiger partial charge in [-0.15, -0.1) is 0 Å². The maximum absolute atomic E-state index is 12.9. The van der Waals surface area contributed by atoms with E-state index in [0.29, 0.717) is 46.6 Å². The van der Waals surface area contributed by atoms with Gasteiger partial charge in [-0.25, -0.2) is 9.59 Å². The second-order valence-corrected chi connectivity index (χ2v) is 7.34. The molecule has 2 amide bonds. The third kappa shape index (κ3) is 4.27. The van der Waals surface area contributed by atoms with Crippen molar-refractivity contribution in [1.82, 2.24) is 15.1 Å². The Morgan fingerprint density at radius 3 is 2.71 bits per heavy atom. The third-order valence-electron chi connectivity index (χ3n) is 4.84. The Kier molecular flexibility index (Phi) is 6.82. The lowest BCUT2D eigenvalue weighted by molar-refractivity contribution is -0.139. The number of carbonyl (C=O) groups excluding carboxylic acids is 2. The summed E-state index contributed by atoms with van der Waals surface area (Å²) < 4.78 is 10.7. The van der Waals surface area contributed by atoms with E-state index in [1.807, 2.05) is 0 Å². The highest BCUT2D eigenvalue weighted by Crippen LogP contribution is 2.37.